The molecule has 1 saturated heterocycles. The number of hydrogen-bond donors (Lipinski definition) is 1. The van der Waals surface area contributed by atoms with Crippen molar-refractivity contribution in [2.45, 2.75) is 19.4 Å². The van der Waals surface area contributed by atoms with Crippen LogP contribution in [0.2, 0.25) is 0 Å². The summed E-state index contributed by atoms with van der Waals surface area (Å²) in [4.78, 5) is 40.3. The van der Waals surface area contributed by atoms with Gasteiger partial charge >= 0.3 is 5.97 Å². The van der Waals surface area contributed by atoms with E-state index >= 15 is 0 Å². The van der Waals surface area contributed by atoms with Gasteiger partial charge in [-0.05, 0) is 42.3 Å². The van der Waals surface area contributed by atoms with Crippen LogP contribution in [0.4, 0.5) is 5.69 Å². The number of aliphatic hydroxyl groups is 1. The minimum Gasteiger partial charge on any atom is -0.507 e. The molecule has 1 aliphatic rings. The molecule has 1 unspecified atom stereocenters. The van der Waals surface area contributed by atoms with Crippen LogP contribution >= 0.6 is 0 Å². The van der Waals surface area contributed by atoms with E-state index in [1.54, 1.807) is 66.7 Å². The lowest BCUT2D eigenvalue weighted by atomic mass is 9.95. The standard InChI is InChI=1S/C28H25NO6/c1-3-15-35-28(33)20-12-7-13-21(16-20)29-24(18-9-5-4-6-10-18)23(26(31)27(29)32)25(30)19-11-8-14-22(17-19)34-2/h4-14,16-17,24,30H,3,15H2,1-2H3/b25-23+. The number of aliphatic hydroxyl groups excluding tert-OH is 1. The van der Waals surface area contributed by atoms with Gasteiger partial charge in [0.05, 0.1) is 30.9 Å². The molecule has 7 nitrogen and oxygen atoms in total. The monoisotopic (exact) mass is 471 g/mol. The summed E-state index contributed by atoms with van der Waals surface area (Å²) in [6, 6.07) is 21.1. The normalized spacial score (nSPS) is 16.9. The third-order valence-electron chi connectivity index (χ3n) is 5.70. The lowest BCUT2D eigenvalue weighted by molar-refractivity contribution is -0.132. The topological polar surface area (TPSA) is 93.1 Å². The molecule has 0 aliphatic carbocycles. The van der Waals surface area contributed by atoms with E-state index in [-0.39, 0.29) is 23.5 Å². The van der Waals surface area contributed by atoms with Crippen molar-refractivity contribution in [3.8, 4) is 5.75 Å². The van der Waals surface area contributed by atoms with E-state index in [4.69, 9.17) is 9.47 Å². The summed E-state index contributed by atoms with van der Waals surface area (Å²) in [6.45, 7) is 2.17. The van der Waals surface area contributed by atoms with Gasteiger partial charge in [0.2, 0.25) is 0 Å². The molecule has 1 amide bonds. The zero-order valence-electron chi connectivity index (χ0n) is 19.4. The fourth-order valence-electron chi connectivity index (χ4n) is 4.04. The third-order valence-corrected chi connectivity index (χ3v) is 5.70. The minimum atomic E-state index is -0.899. The maximum absolute atomic E-state index is 13.3. The summed E-state index contributed by atoms with van der Waals surface area (Å²) in [5.74, 6) is -1.95. The highest BCUT2D eigenvalue weighted by Gasteiger charge is 2.47. The average Bonchev–Trinajstić information content (AvgIpc) is 3.17. The first-order chi connectivity index (χ1) is 17.0. The molecule has 0 bridgehead atoms. The Labute approximate surface area is 203 Å². The number of carbonyl (C=O) groups is 3. The first kappa shape index (κ1) is 23.8. The van der Waals surface area contributed by atoms with Crippen molar-refractivity contribution in [1.29, 1.82) is 0 Å². The Hall–Kier alpha value is -4.39. The molecule has 1 heterocycles. The van der Waals surface area contributed by atoms with Crippen LogP contribution in [0, 0.1) is 0 Å². The number of ether oxygens (including phenoxy) is 2. The van der Waals surface area contributed by atoms with Gasteiger partial charge in [-0.15, -0.1) is 0 Å². The maximum atomic E-state index is 13.3. The van der Waals surface area contributed by atoms with Crippen LogP contribution in [-0.2, 0) is 14.3 Å². The van der Waals surface area contributed by atoms with Crippen LogP contribution in [0.1, 0.15) is 40.9 Å². The predicted molar refractivity (Wildman–Crippen MR) is 131 cm³/mol. The summed E-state index contributed by atoms with van der Waals surface area (Å²) >= 11 is 0. The highest BCUT2D eigenvalue weighted by molar-refractivity contribution is 6.51. The maximum Gasteiger partial charge on any atom is 0.338 e. The van der Waals surface area contributed by atoms with E-state index in [0.717, 1.165) is 0 Å². The number of rotatable bonds is 7. The fourth-order valence-corrected chi connectivity index (χ4v) is 4.04. The fraction of sp³-hybridized carbons (Fsp3) is 0.179. The number of hydrogen-bond acceptors (Lipinski definition) is 6. The van der Waals surface area contributed by atoms with Crippen molar-refractivity contribution in [2.75, 3.05) is 18.6 Å². The van der Waals surface area contributed by atoms with Crippen LogP contribution in [0.3, 0.4) is 0 Å². The van der Waals surface area contributed by atoms with Gasteiger partial charge in [0, 0.05) is 11.3 Å². The lowest BCUT2D eigenvalue weighted by Gasteiger charge is -2.25. The largest absolute Gasteiger partial charge is 0.507 e. The summed E-state index contributed by atoms with van der Waals surface area (Å²) in [6.07, 6.45) is 0.679. The van der Waals surface area contributed by atoms with Crippen LogP contribution in [0.5, 0.6) is 5.75 Å². The van der Waals surface area contributed by atoms with Gasteiger partial charge in [0.1, 0.15) is 11.5 Å². The Morgan fingerprint density at radius 1 is 0.943 bits per heavy atom. The SMILES string of the molecule is CCCOC(=O)c1cccc(N2C(=O)C(=O)/C(=C(/O)c3cccc(OC)c3)C2c2ccccc2)c1. The van der Waals surface area contributed by atoms with E-state index in [1.165, 1.54) is 18.1 Å². The minimum absolute atomic E-state index is 0.0478. The molecule has 0 radical (unpaired) electrons. The van der Waals surface area contributed by atoms with E-state index in [1.807, 2.05) is 13.0 Å². The first-order valence-electron chi connectivity index (χ1n) is 11.2. The van der Waals surface area contributed by atoms with Crippen LogP contribution in [-0.4, -0.2) is 36.5 Å². The first-order valence-corrected chi connectivity index (χ1v) is 11.2. The Bertz CT molecular complexity index is 1300. The van der Waals surface area contributed by atoms with Crippen LogP contribution in [0.15, 0.2) is 84.4 Å². The van der Waals surface area contributed by atoms with Crippen molar-refractivity contribution in [3.05, 3.63) is 101 Å². The van der Waals surface area contributed by atoms with Gasteiger partial charge in [0.25, 0.3) is 11.7 Å². The summed E-state index contributed by atoms with van der Waals surface area (Å²) in [7, 11) is 1.50. The quantitative estimate of drug-likeness (QED) is 0.228. The number of ketones is 1. The molecule has 1 fully saturated rings. The predicted octanol–water partition coefficient (Wildman–Crippen LogP) is 4.89. The molecule has 4 rings (SSSR count). The van der Waals surface area contributed by atoms with E-state index in [0.29, 0.717) is 29.0 Å². The highest BCUT2D eigenvalue weighted by Crippen LogP contribution is 2.42. The number of Topliss-reactive ketones (excluding diaryl/α,β-unsaturated/α-hetero) is 1. The third kappa shape index (κ3) is 4.66. The van der Waals surface area contributed by atoms with Gasteiger partial charge in [-0.25, -0.2) is 4.79 Å². The van der Waals surface area contributed by atoms with Crippen LogP contribution < -0.4 is 9.64 Å². The van der Waals surface area contributed by atoms with Crippen molar-refractivity contribution in [3.63, 3.8) is 0 Å². The molecule has 178 valence electrons. The molecule has 3 aromatic rings. The average molecular weight is 472 g/mol. The Kier molecular flexibility index (Phi) is 6.96. The number of esters is 1. The van der Waals surface area contributed by atoms with Crippen molar-refractivity contribution in [1.82, 2.24) is 0 Å². The number of nitrogens with zero attached hydrogens (tertiary/aromatic N) is 1. The van der Waals surface area contributed by atoms with Crippen molar-refractivity contribution in [2.24, 2.45) is 0 Å². The summed E-state index contributed by atoms with van der Waals surface area (Å²) in [5, 5.41) is 11.2. The smallest absolute Gasteiger partial charge is 0.338 e. The molecule has 3 aromatic carbocycles. The van der Waals surface area contributed by atoms with Crippen molar-refractivity contribution < 1.29 is 29.0 Å². The zero-order chi connectivity index (χ0) is 24.9. The lowest BCUT2D eigenvalue weighted by Crippen LogP contribution is -2.29. The molecular weight excluding hydrogens is 446 g/mol. The summed E-state index contributed by atoms with van der Waals surface area (Å²) < 4.78 is 10.5. The van der Waals surface area contributed by atoms with Crippen LogP contribution in [0.25, 0.3) is 5.76 Å². The van der Waals surface area contributed by atoms with E-state index in [9.17, 15) is 19.5 Å². The van der Waals surface area contributed by atoms with Gasteiger partial charge in [0.15, 0.2) is 0 Å². The van der Waals surface area contributed by atoms with E-state index < -0.39 is 23.7 Å². The Morgan fingerprint density at radius 3 is 2.37 bits per heavy atom. The van der Waals surface area contributed by atoms with Gasteiger partial charge in [-0.1, -0.05) is 55.5 Å². The zero-order valence-corrected chi connectivity index (χ0v) is 19.4. The Morgan fingerprint density at radius 2 is 1.66 bits per heavy atom. The molecule has 35 heavy (non-hydrogen) atoms. The van der Waals surface area contributed by atoms with Gasteiger partial charge in [-0.2, -0.15) is 0 Å². The number of anilines is 1. The van der Waals surface area contributed by atoms with Gasteiger partial charge in [-0.3, -0.25) is 14.5 Å². The molecular formula is C28H25NO6. The number of benzene rings is 3. The molecule has 1 aliphatic heterocycles. The van der Waals surface area contributed by atoms with Crippen molar-refractivity contribution >= 4 is 29.1 Å². The second-order valence-corrected chi connectivity index (χ2v) is 8.00. The molecule has 1 atom stereocenters. The second-order valence-electron chi connectivity index (χ2n) is 8.00. The molecule has 1 N–H and O–H groups in total. The number of carbonyl (C=O) groups excluding carboxylic acids is 3. The molecule has 0 saturated carbocycles. The van der Waals surface area contributed by atoms with Gasteiger partial charge < -0.3 is 14.6 Å². The molecule has 7 heteroatoms. The van der Waals surface area contributed by atoms with E-state index in [2.05, 4.69) is 0 Å². The number of amides is 1. The highest BCUT2D eigenvalue weighted by atomic mass is 16.5. The molecule has 0 aromatic heterocycles. The Balaban J connectivity index is 1.86. The molecule has 0 spiro atoms. The summed E-state index contributed by atoms with van der Waals surface area (Å²) in [5.41, 5.74) is 1.54. The second kappa shape index (κ2) is 10.3. The number of methoxy groups -OCH3 is 1.